The number of hydrogen-bond donors (Lipinski definition) is 1. The minimum absolute atomic E-state index is 0.0803. The minimum atomic E-state index is -0.459. The zero-order valence-corrected chi connectivity index (χ0v) is 10.2. The summed E-state index contributed by atoms with van der Waals surface area (Å²) in [5.41, 5.74) is 0.0552. The van der Waals surface area contributed by atoms with Crippen molar-refractivity contribution >= 4 is 5.91 Å². The van der Waals surface area contributed by atoms with Gasteiger partial charge in [0.05, 0.1) is 6.04 Å². The fourth-order valence-corrected chi connectivity index (χ4v) is 1.32. The van der Waals surface area contributed by atoms with Gasteiger partial charge in [0.2, 0.25) is 5.91 Å². The maximum Gasteiger partial charge on any atom is 0.225 e. The molecule has 1 N–H and O–H groups in total. The molecule has 16 heavy (non-hydrogen) atoms. The largest absolute Gasteiger partial charge is 0.349 e. The Morgan fingerprint density at radius 2 is 1.88 bits per heavy atom. The SMILES string of the molecule is C[C@@H](NC(=O)C(C)(C)C)c1ccccc1F. The first-order chi connectivity index (χ1) is 7.32. The molecule has 0 unspecified atom stereocenters. The Morgan fingerprint density at radius 1 is 1.31 bits per heavy atom. The van der Waals surface area contributed by atoms with Crippen molar-refractivity contribution in [1.29, 1.82) is 0 Å². The molecule has 0 saturated heterocycles. The molecule has 3 heteroatoms. The summed E-state index contributed by atoms with van der Waals surface area (Å²) in [6.07, 6.45) is 0. The quantitative estimate of drug-likeness (QED) is 0.820. The number of carbonyl (C=O) groups excluding carboxylic acids is 1. The summed E-state index contributed by atoms with van der Waals surface area (Å²) in [7, 11) is 0. The summed E-state index contributed by atoms with van der Waals surface area (Å²) in [5.74, 6) is -0.368. The Bertz CT molecular complexity index is 382. The number of carbonyl (C=O) groups is 1. The second kappa shape index (κ2) is 4.64. The molecule has 0 aliphatic carbocycles. The van der Waals surface area contributed by atoms with Gasteiger partial charge < -0.3 is 5.32 Å². The third-order valence-electron chi connectivity index (χ3n) is 2.40. The van der Waals surface area contributed by atoms with Crippen molar-refractivity contribution in [2.24, 2.45) is 5.41 Å². The van der Waals surface area contributed by atoms with Crippen LogP contribution in [0, 0.1) is 11.2 Å². The smallest absolute Gasteiger partial charge is 0.225 e. The zero-order chi connectivity index (χ0) is 12.3. The molecule has 1 aromatic carbocycles. The number of nitrogens with one attached hydrogen (secondary N) is 1. The van der Waals surface area contributed by atoms with E-state index in [1.54, 1.807) is 25.1 Å². The molecule has 0 heterocycles. The highest BCUT2D eigenvalue weighted by Gasteiger charge is 2.23. The van der Waals surface area contributed by atoms with Crippen LogP contribution in [0.1, 0.15) is 39.3 Å². The number of amides is 1. The molecule has 0 aliphatic rings. The van der Waals surface area contributed by atoms with Gasteiger partial charge in [-0.05, 0) is 13.0 Å². The van der Waals surface area contributed by atoms with E-state index in [0.717, 1.165) is 0 Å². The average molecular weight is 223 g/mol. The van der Waals surface area contributed by atoms with E-state index in [1.807, 2.05) is 20.8 Å². The van der Waals surface area contributed by atoms with Crippen molar-refractivity contribution in [1.82, 2.24) is 5.32 Å². The second-order valence-electron chi connectivity index (χ2n) is 4.97. The summed E-state index contributed by atoms with van der Waals surface area (Å²) in [6.45, 7) is 7.27. The fraction of sp³-hybridized carbons (Fsp3) is 0.462. The number of benzene rings is 1. The van der Waals surface area contributed by atoms with Gasteiger partial charge in [0.15, 0.2) is 0 Å². The maximum absolute atomic E-state index is 13.4. The highest BCUT2D eigenvalue weighted by Crippen LogP contribution is 2.19. The lowest BCUT2D eigenvalue weighted by molar-refractivity contribution is -0.129. The van der Waals surface area contributed by atoms with E-state index in [2.05, 4.69) is 5.32 Å². The molecule has 0 fully saturated rings. The second-order valence-corrected chi connectivity index (χ2v) is 4.97. The van der Waals surface area contributed by atoms with Crippen molar-refractivity contribution in [3.05, 3.63) is 35.6 Å². The lowest BCUT2D eigenvalue weighted by atomic mass is 9.94. The fourth-order valence-electron chi connectivity index (χ4n) is 1.32. The molecule has 1 rings (SSSR count). The summed E-state index contributed by atoms with van der Waals surface area (Å²) in [6, 6.07) is 6.17. The highest BCUT2D eigenvalue weighted by atomic mass is 19.1. The Kier molecular flexibility index (Phi) is 3.68. The van der Waals surface area contributed by atoms with E-state index in [4.69, 9.17) is 0 Å². The maximum atomic E-state index is 13.4. The van der Waals surface area contributed by atoms with Crippen molar-refractivity contribution in [2.45, 2.75) is 33.7 Å². The monoisotopic (exact) mass is 223 g/mol. The van der Waals surface area contributed by atoms with Gasteiger partial charge in [-0.2, -0.15) is 0 Å². The molecule has 0 saturated carbocycles. The Morgan fingerprint density at radius 3 is 2.38 bits per heavy atom. The number of halogens is 1. The van der Waals surface area contributed by atoms with Crippen LogP contribution >= 0.6 is 0 Å². The van der Waals surface area contributed by atoms with Crippen molar-refractivity contribution < 1.29 is 9.18 Å². The number of hydrogen-bond acceptors (Lipinski definition) is 1. The number of rotatable bonds is 2. The van der Waals surface area contributed by atoms with E-state index in [0.29, 0.717) is 5.56 Å². The van der Waals surface area contributed by atoms with Gasteiger partial charge in [0.25, 0.3) is 0 Å². The predicted molar refractivity (Wildman–Crippen MR) is 62.4 cm³/mol. The molecule has 0 bridgehead atoms. The van der Waals surface area contributed by atoms with Crippen LogP contribution in [0.15, 0.2) is 24.3 Å². The van der Waals surface area contributed by atoms with Gasteiger partial charge in [-0.1, -0.05) is 39.0 Å². The molecule has 0 aliphatic heterocycles. The summed E-state index contributed by atoms with van der Waals surface area (Å²) in [5, 5.41) is 2.80. The topological polar surface area (TPSA) is 29.1 Å². The van der Waals surface area contributed by atoms with Crippen LogP contribution in [0.4, 0.5) is 4.39 Å². The molecule has 0 radical (unpaired) electrons. The van der Waals surface area contributed by atoms with E-state index >= 15 is 0 Å². The molecule has 1 amide bonds. The molecule has 0 spiro atoms. The van der Waals surface area contributed by atoms with Crippen molar-refractivity contribution in [3.8, 4) is 0 Å². The van der Waals surface area contributed by atoms with E-state index in [1.165, 1.54) is 6.07 Å². The first kappa shape index (κ1) is 12.7. The molecule has 0 aromatic heterocycles. The predicted octanol–water partition coefficient (Wildman–Crippen LogP) is 3.05. The van der Waals surface area contributed by atoms with E-state index in [9.17, 15) is 9.18 Å². The summed E-state index contributed by atoms with van der Waals surface area (Å²) in [4.78, 5) is 11.7. The Hall–Kier alpha value is -1.38. The van der Waals surface area contributed by atoms with Gasteiger partial charge in [-0.3, -0.25) is 4.79 Å². The summed E-state index contributed by atoms with van der Waals surface area (Å²) >= 11 is 0. The van der Waals surface area contributed by atoms with Crippen molar-refractivity contribution in [2.75, 3.05) is 0 Å². The molecular formula is C13H18FNO. The first-order valence-electron chi connectivity index (χ1n) is 5.38. The Labute approximate surface area is 95.9 Å². The van der Waals surface area contributed by atoms with Crippen LogP contribution in [-0.4, -0.2) is 5.91 Å². The van der Waals surface area contributed by atoms with Gasteiger partial charge in [0, 0.05) is 11.0 Å². The normalized spacial score (nSPS) is 13.3. The zero-order valence-electron chi connectivity index (χ0n) is 10.2. The lowest BCUT2D eigenvalue weighted by Gasteiger charge is -2.22. The van der Waals surface area contributed by atoms with Crippen LogP contribution in [0.3, 0.4) is 0 Å². The van der Waals surface area contributed by atoms with Crippen LogP contribution in [0.5, 0.6) is 0 Å². The summed E-state index contributed by atoms with van der Waals surface area (Å²) < 4.78 is 13.4. The highest BCUT2D eigenvalue weighted by molar-refractivity contribution is 5.81. The molecule has 88 valence electrons. The van der Waals surface area contributed by atoms with E-state index in [-0.39, 0.29) is 17.8 Å². The third kappa shape index (κ3) is 3.05. The van der Waals surface area contributed by atoms with Gasteiger partial charge in [-0.25, -0.2) is 4.39 Å². The Balaban J connectivity index is 2.78. The van der Waals surface area contributed by atoms with Crippen LogP contribution < -0.4 is 5.32 Å². The van der Waals surface area contributed by atoms with Crippen LogP contribution in [-0.2, 0) is 4.79 Å². The van der Waals surface area contributed by atoms with Crippen LogP contribution in [0.25, 0.3) is 0 Å². The molecule has 1 atom stereocenters. The van der Waals surface area contributed by atoms with Crippen LogP contribution in [0.2, 0.25) is 0 Å². The van der Waals surface area contributed by atoms with Gasteiger partial charge in [0.1, 0.15) is 5.82 Å². The third-order valence-corrected chi connectivity index (χ3v) is 2.40. The first-order valence-corrected chi connectivity index (χ1v) is 5.38. The standard InChI is InChI=1S/C13H18FNO/c1-9(15-12(16)13(2,3)4)10-7-5-6-8-11(10)14/h5-9H,1-4H3,(H,15,16)/t9-/m1/s1. The molecule has 1 aromatic rings. The van der Waals surface area contributed by atoms with Gasteiger partial charge in [-0.15, -0.1) is 0 Å². The minimum Gasteiger partial charge on any atom is -0.349 e. The molecule has 2 nitrogen and oxygen atoms in total. The van der Waals surface area contributed by atoms with Gasteiger partial charge >= 0.3 is 0 Å². The average Bonchev–Trinajstić information content (AvgIpc) is 2.16. The van der Waals surface area contributed by atoms with E-state index < -0.39 is 5.41 Å². The molecular weight excluding hydrogens is 205 g/mol. The van der Waals surface area contributed by atoms with Crippen molar-refractivity contribution in [3.63, 3.8) is 0 Å². The lowest BCUT2D eigenvalue weighted by Crippen LogP contribution is -2.36.